The number of likely N-dealkylation sites (N-methyl/N-ethyl adjacent to an activating group) is 1. The van der Waals surface area contributed by atoms with Crippen molar-refractivity contribution in [3.63, 3.8) is 0 Å². The minimum Gasteiger partial charge on any atom is -0.493 e. The number of carbonyl (C=O) groups is 1. The molecule has 1 aliphatic rings. The highest BCUT2D eigenvalue weighted by Gasteiger charge is 2.38. The van der Waals surface area contributed by atoms with Crippen LogP contribution in [0, 0.1) is 0 Å². The lowest BCUT2D eigenvalue weighted by atomic mass is 9.83. The summed E-state index contributed by atoms with van der Waals surface area (Å²) in [4.78, 5) is 14.9. The summed E-state index contributed by atoms with van der Waals surface area (Å²) in [6, 6.07) is 11.7. The second-order valence-corrected chi connectivity index (χ2v) is 9.20. The van der Waals surface area contributed by atoms with Crippen molar-refractivity contribution in [2.75, 3.05) is 39.0 Å². The first-order chi connectivity index (χ1) is 16.3. The number of para-hydroxylation sites is 1. The van der Waals surface area contributed by atoms with Crippen molar-refractivity contribution in [3.05, 3.63) is 53.7 Å². The van der Waals surface area contributed by atoms with Gasteiger partial charge in [-0.25, -0.2) is 0 Å². The molecule has 0 unspecified atom stereocenters. The van der Waals surface area contributed by atoms with Gasteiger partial charge in [-0.15, -0.1) is 10.2 Å². The molecule has 0 aliphatic carbocycles. The zero-order valence-electron chi connectivity index (χ0n) is 20.0. The van der Waals surface area contributed by atoms with Crippen molar-refractivity contribution in [2.45, 2.75) is 24.5 Å². The molecule has 178 valence electrons. The van der Waals surface area contributed by atoms with Crippen LogP contribution in [0.3, 0.4) is 0 Å². The first-order valence-electron chi connectivity index (χ1n) is 10.6. The first kappa shape index (κ1) is 23.7. The van der Waals surface area contributed by atoms with Gasteiger partial charge in [0.15, 0.2) is 17.3 Å². The van der Waals surface area contributed by atoms with Crippen molar-refractivity contribution in [1.29, 1.82) is 0 Å². The maximum Gasteiger partial charge on any atom is 0.277 e. The van der Waals surface area contributed by atoms with E-state index < -0.39 is 0 Å². The van der Waals surface area contributed by atoms with Crippen molar-refractivity contribution >= 4 is 23.2 Å². The number of rotatable bonds is 8. The van der Waals surface area contributed by atoms with Gasteiger partial charge in [-0.05, 0) is 23.8 Å². The maximum atomic E-state index is 12.8. The quantitative estimate of drug-likeness (QED) is 0.334. The van der Waals surface area contributed by atoms with E-state index in [1.54, 1.807) is 18.2 Å². The molecule has 0 saturated carbocycles. The summed E-state index contributed by atoms with van der Waals surface area (Å²) in [6.45, 7) is 4.26. The molecule has 2 heterocycles. The predicted octanol–water partition coefficient (Wildman–Crippen LogP) is 4.74. The molecule has 3 aromatic rings. The van der Waals surface area contributed by atoms with Crippen LogP contribution >= 0.6 is 11.8 Å². The van der Waals surface area contributed by atoms with Gasteiger partial charge in [0.2, 0.25) is 11.6 Å². The van der Waals surface area contributed by atoms with Crippen molar-refractivity contribution in [2.24, 2.45) is 0 Å². The number of thioether (sulfide) groups is 1. The number of benzene rings is 2. The molecule has 0 amide bonds. The number of nitrogens with zero attached hydrogens (tertiary/aromatic N) is 3. The van der Waals surface area contributed by atoms with Crippen molar-refractivity contribution < 1.29 is 23.4 Å². The number of fused-ring (bicyclic) bond motifs is 1. The monoisotopic (exact) mass is 481 g/mol. The van der Waals surface area contributed by atoms with Crippen LogP contribution in [0.4, 0.5) is 5.69 Å². The molecule has 0 spiro atoms. The lowest BCUT2D eigenvalue weighted by molar-refractivity contribution is -0.112. The Bertz CT molecular complexity index is 1230. The molecule has 0 fully saturated rings. The summed E-state index contributed by atoms with van der Waals surface area (Å²) in [5, 5.41) is 8.49. The van der Waals surface area contributed by atoms with Crippen molar-refractivity contribution in [3.8, 4) is 28.7 Å². The molecule has 34 heavy (non-hydrogen) atoms. The zero-order valence-corrected chi connectivity index (χ0v) is 20.9. The van der Waals surface area contributed by atoms with E-state index in [2.05, 4.69) is 41.1 Å². The summed E-state index contributed by atoms with van der Waals surface area (Å²) in [5.41, 5.74) is 3.65. The topological polar surface area (TPSA) is 86.9 Å². The van der Waals surface area contributed by atoms with Crippen LogP contribution in [0.2, 0.25) is 0 Å². The summed E-state index contributed by atoms with van der Waals surface area (Å²) in [5.74, 6) is 1.88. The lowest BCUT2D eigenvalue weighted by Crippen LogP contribution is -2.24. The van der Waals surface area contributed by atoms with Crippen LogP contribution in [0.5, 0.6) is 17.2 Å². The van der Waals surface area contributed by atoms with Crippen LogP contribution in [0.1, 0.15) is 19.4 Å². The number of ether oxygens (including phenoxy) is 3. The molecule has 0 bridgehead atoms. The van der Waals surface area contributed by atoms with E-state index in [0.717, 1.165) is 11.4 Å². The third kappa shape index (κ3) is 4.23. The Hall–Kier alpha value is -3.46. The van der Waals surface area contributed by atoms with Gasteiger partial charge in [-0.2, -0.15) is 0 Å². The Balaban J connectivity index is 1.49. The minimum absolute atomic E-state index is 0.0275. The average Bonchev–Trinajstić information content (AvgIpc) is 3.39. The zero-order chi connectivity index (χ0) is 24.5. The molecule has 0 atom stereocenters. The Morgan fingerprint density at radius 1 is 1.09 bits per heavy atom. The predicted molar refractivity (Wildman–Crippen MR) is 131 cm³/mol. The SMILES string of the molecule is COc1cc(-c2nnc(SCC(=O)/C=C3/N(C)c4ccccc4C3(C)C)o2)cc(OC)c1OC. The second-order valence-electron chi connectivity index (χ2n) is 8.27. The van der Waals surface area contributed by atoms with Crippen LogP contribution in [0.25, 0.3) is 11.5 Å². The number of hydrogen-bond acceptors (Lipinski definition) is 9. The molecule has 1 aromatic heterocycles. The number of ketones is 1. The molecule has 9 heteroatoms. The standard InChI is InChI=1S/C25H27N3O5S/c1-25(2)17-9-7-8-10-18(17)28(3)21(25)13-16(29)14-34-24-27-26-23(33-24)15-11-19(30-4)22(32-6)20(12-15)31-5/h7-13H,14H2,1-6H3/b21-13+. The van der Waals surface area contributed by atoms with E-state index in [1.807, 2.05) is 19.2 Å². The van der Waals surface area contributed by atoms with Gasteiger partial charge >= 0.3 is 0 Å². The maximum absolute atomic E-state index is 12.8. The molecular formula is C25H27N3O5S. The Kier molecular flexibility index (Phi) is 6.56. The molecule has 8 nitrogen and oxygen atoms in total. The fraction of sp³-hybridized carbons (Fsp3) is 0.320. The van der Waals surface area contributed by atoms with Crippen LogP contribution < -0.4 is 19.1 Å². The van der Waals surface area contributed by atoms with Gasteiger partial charge < -0.3 is 23.5 Å². The molecule has 1 aliphatic heterocycles. The van der Waals surface area contributed by atoms with E-state index in [0.29, 0.717) is 33.9 Å². The number of carbonyl (C=O) groups excluding carboxylic acids is 1. The largest absolute Gasteiger partial charge is 0.493 e. The van der Waals surface area contributed by atoms with Gasteiger partial charge in [0.25, 0.3) is 5.22 Å². The number of methoxy groups -OCH3 is 3. The van der Waals surface area contributed by atoms with Gasteiger partial charge in [0.1, 0.15) is 0 Å². The van der Waals surface area contributed by atoms with Crippen LogP contribution in [-0.4, -0.2) is 50.1 Å². The second kappa shape index (κ2) is 9.42. The number of allylic oxidation sites excluding steroid dienone is 2. The fourth-order valence-electron chi connectivity index (χ4n) is 4.18. The highest BCUT2D eigenvalue weighted by atomic mass is 32.2. The van der Waals surface area contributed by atoms with Crippen LogP contribution in [-0.2, 0) is 10.2 Å². The fourth-order valence-corrected chi connectivity index (χ4v) is 4.76. The van der Waals surface area contributed by atoms with E-state index in [-0.39, 0.29) is 17.0 Å². The number of anilines is 1. The Morgan fingerprint density at radius 2 is 1.76 bits per heavy atom. The van der Waals surface area contributed by atoms with Crippen molar-refractivity contribution in [1.82, 2.24) is 10.2 Å². The van der Waals surface area contributed by atoms with E-state index in [9.17, 15) is 4.79 Å². The Labute approximate surface area is 202 Å². The summed E-state index contributed by atoms with van der Waals surface area (Å²) >= 11 is 1.20. The molecule has 0 radical (unpaired) electrons. The summed E-state index contributed by atoms with van der Waals surface area (Å²) in [7, 11) is 6.61. The normalized spacial score (nSPS) is 15.4. The molecule has 4 rings (SSSR count). The van der Waals surface area contributed by atoms with Crippen LogP contribution in [0.15, 0.2) is 57.8 Å². The molecule has 0 saturated heterocycles. The average molecular weight is 482 g/mol. The molecule has 0 N–H and O–H groups in total. The first-order valence-corrected chi connectivity index (χ1v) is 11.6. The highest BCUT2D eigenvalue weighted by Crippen LogP contribution is 2.46. The smallest absolute Gasteiger partial charge is 0.277 e. The Morgan fingerprint density at radius 3 is 2.38 bits per heavy atom. The van der Waals surface area contributed by atoms with Gasteiger partial charge in [0, 0.05) is 35.5 Å². The lowest BCUT2D eigenvalue weighted by Gasteiger charge is -2.23. The summed E-state index contributed by atoms with van der Waals surface area (Å²) < 4.78 is 21.9. The number of hydrogen-bond donors (Lipinski definition) is 0. The van der Waals surface area contributed by atoms with E-state index in [1.165, 1.54) is 38.7 Å². The van der Waals surface area contributed by atoms with Gasteiger partial charge in [0.05, 0.1) is 27.1 Å². The molecule has 2 aromatic carbocycles. The van der Waals surface area contributed by atoms with Gasteiger partial charge in [-0.3, -0.25) is 4.79 Å². The number of aromatic nitrogens is 2. The minimum atomic E-state index is -0.254. The van der Waals surface area contributed by atoms with E-state index in [4.69, 9.17) is 18.6 Å². The van der Waals surface area contributed by atoms with E-state index >= 15 is 0 Å². The highest BCUT2D eigenvalue weighted by molar-refractivity contribution is 7.99. The summed E-state index contributed by atoms with van der Waals surface area (Å²) in [6.07, 6.45) is 1.71. The third-order valence-corrected chi connectivity index (χ3v) is 6.73. The van der Waals surface area contributed by atoms with Gasteiger partial charge in [-0.1, -0.05) is 43.8 Å². The third-order valence-electron chi connectivity index (χ3n) is 5.89. The molecular weight excluding hydrogens is 454 g/mol.